The van der Waals surface area contributed by atoms with Crippen molar-refractivity contribution in [3.05, 3.63) is 12.2 Å². The van der Waals surface area contributed by atoms with Crippen molar-refractivity contribution >= 4 is 0 Å². The second-order valence-corrected chi connectivity index (χ2v) is 3.38. The monoisotopic (exact) mass is 136 g/mol. The van der Waals surface area contributed by atoms with Gasteiger partial charge in [0, 0.05) is 13.1 Å². The van der Waals surface area contributed by atoms with Gasteiger partial charge in [0.25, 0.3) is 0 Å². The molecule has 0 aromatic carbocycles. The van der Waals surface area contributed by atoms with E-state index in [9.17, 15) is 0 Å². The summed E-state index contributed by atoms with van der Waals surface area (Å²) in [7, 11) is 0. The third-order valence-corrected chi connectivity index (χ3v) is 2.73. The first-order valence-corrected chi connectivity index (χ1v) is 4.25. The molecular formula is C9H14N. The molecule has 55 valence electrons. The van der Waals surface area contributed by atoms with Crippen LogP contribution in [-0.2, 0) is 0 Å². The van der Waals surface area contributed by atoms with Gasteiger partial charge in [-0.15, -0.1) is 0 Å². The number of allylic oxidation sites excluding steroid dienone is 2. The predicted octanol–water partition coefficient (Wildman–Crippen LogP) is 1.58. The zero-order chi connectivity index (χ0) is 6.81. The molecule has 1 saturated heterocycles. The van der Waals surface area contributed by atoms with Gasteiger partial charge in [0.1, 0.15) is 0 Å². The van der Waals surface area contributed by atoms with Gasteiger partial charge in [-0.3, -0.25) is 0 Å². The van der Waals surface area contributed by atoms with Gasteiger partial charge in [-0.25, -0.2) is 5.32 Å². The van der Waals surface area contributed by atoms with Gasteiger partial charge in [0.05, 0.1) is 0 Å². The first-order chi connectivity index (χ1) is 4.97. The van der Waals surface area contributed by atoms with E-state index in [-0.39, 0.29) is 0 Å². The largest absolute Gasteiger partial charge is 0.241 e. The standard InChI is InChI=1S/C9H14N/c1-2-4-9-7-10-6-5-8(9)3-1/h1-2,8-9H,3-7H2/t8-,9+/m1/s1. The van der Waals surface area contributed by atoms with Crippen LogP contribution >= 0.6 is 0 Å². The molecule has 0 aromatic rings. The summed E-state index contributed by atoms with van der Waals surface area (Å²) in [5.41, 5.74) is 0. The Morgan fingerprint density at radius 1 is 1.10 bits per heavy atom. The Labute approximate surface area is 62.5 Å². The van der Waals surface area contributed by atoms with Gasteiger partial charge in [0.2, 0.25) is 0 Å². The maximum Gasteiger partial charge on any atom is 0.0167 e. The second-order valence-electron chi connectivity index (χ2n) is 3.38. The first kappa shape index (κ1) is 6.41. The fourth-order valence-corrected chi connectivity index (χ4v) is 2.02. The van der Waals surface area contributed by atoms with Crippen molar-refractivity contribution in [1.29, 1.82) is 0 Å². The van der Waals surface area contributed by atoms with Crippen molar-refractivity contribution in [1.82, 2.24) is 5.32 Å². The summed E-state index contributed by atoms with van der Waals surface area (Å²) < 4.78 is 0. The third-order valence-electron chi connectivity index (χ3n) is 2.73. The predicted molar refractivity (Wildman–Crippen MR) is 41.8 cm³/mol. The minimum Gasteiger partial charge on any atom is -0.241 e. The molecule has 0 N–H and O–H groups in total. The van der Waals surface area contributed by atoms with Crippen LogP contribution in [-0.4, -0.2) is 13.1 Å². The molecule has 0 unspecified atom stereocenters. The lowest BCUT2D eigenvalue weighted by molar-refractivity contribution is 0.245. The van der Waals surface area contributed by atoms with Gasteiger partial charge in [0.15, 0.2) is 0 Å². The lowest BCUT2D eigenvalue weighted by atomic mass is 9.79. The van der Waals surface area contributed by atoms with Gasteiger partial charge in [-0.05, 0) is 31.1 Å². The molecule has 2 aliphatic rings. The van der Waals surface area contributed by atoms with Crippen LogP contribution in [0, 0.1) is 11.8 Å². The van der Waals surface area contributed by atoms with Crippen LogP contribution in [0.1, 0.15) is 19.3 Å². The minimum absolute atomic E-state index is 0.902. The summed E-state index contributed by atoms with van der Waals surface area (Å²) >= 11 is 0. The quantitative estimate of drug-likeness (QED) is 0.449. The molecule has 0 aromatic heterocycles. The summed E-state index contributed by atoms with van der Waals surface area (Å²) in [6, 6.07) is 0. The molecule has 2 rings (SSSR count). The van der Waals surface area contributed by atoms with E-state index in [1.54, 1.807) is 0 Å². The van der Waals surface area contributed by atoms with E-state index < -0.39 is 0 Å². The van der Waals surface area contributed by atoms with Crippen LogP contribution in [0.4, 0.5) is 0 Å². The van der Waals surface area contributed by atoms with Crippen LogP contribution in [0.2, 0.25) is 0 Å². The topological polar surface area (TPSA) is 14.1 Å². The first-order valence-electron chi connectivity index (χ1n) is 4.25. The molecule has 1 heteroatoms. The fourth-order valence-electron chi connectivity index (χ4n) is 2.02. The summed E-state index contributed by atoms with van der Waals surface area (Å²) in [5, 5.41) is 4.43. The summed E-state index contributed by atoms with van der Waals surface area (Å²) in [6.07, 6.45) is 8.61. The zero-order valence-corrected chi connectivity index (χ0v) is 6.29. The van der Waals surface area contributed by atoms with E-state index in [2.05, 4.69) is 17.5 Å². The Balaban J connectivity index is 2.01. The molecule has 0 bridgehead atoms. The van der Waals surface area contributed by atoms with Gasteiger partial charge in [-0.2, -0.15) is 0 Å². The molecule has 10 heavy (non-hydrogen) atoms. The van der Waals surface area contributed by atoms with Crippen molar-refractivity contribution in [2.45, 2.75) is 19.3 Å². The lowest BCUT2D eigenvalue weighted by Crippen LogP contribution is -2.33. The van der Waals surface area contributed by atoms with E-state index in [0.29, 0.717) is 0 Å². The van der Waals surface area contributed by atoms with Gasteiger partial charge in [-0.1, -0.05) is 12.2 Å². The molecule has 1 heterocycles. The molecule has 1 radical (unpaired) electrons. The molecule has 2 atom stereocenters. The smallest absolute Gasteiger partial charge is 0.0167 e. The van der Waals surface area contributed by atoms with Crippen LogP contribution < -0.4 is 5.32 Å². The molecule has 1 fully saturated rings. The van der Waals surface area contributed by atoms with E-state index in [1.165, 1.54) is 19.3 Å². The average molecular weight is 136 g/mol. The van der Waals surface area contributed by atoms with Gasteiger partial charge < -0.3 is 0 Å². The molecule has 0 spiro atoms. The van der Waals surface area contributed by atoms with Crippen molar-refractivity contribution in [3.63, 3.8) is 0 Å². The zero-order valence-electron chi connectivity index (χ0n) is 6.29. The van der Waals surface area contributed by atoms with Crippen molar-refractivity contribution < 1.29 is 0 Å². The lowest BCUT2D eigenvalue weighted by Gasteiger charge is -2.32. The number of hydrogen-bond acceptors (Lipinski definition) is 0. The highest BCUT2D eigenvalue weighted by Crippen LogP contribution is 2.29. The Kier molecular flexibility index (Phi) is 1.76. The molecule has 0 saturated carbocycles. The molecular weight excluding hydrogens is 122 g/mol. The number of rotatable bonds is 0. The maximum absolute atomic E-state index is 4.43. The van der Waals surface area contributed by atoms with E-state index >= 15 is 0 Å². The highest BCUT2D eigenvalue weighted by atomic mass is 14.9. The average Bonchev–Trinajstić information content (AvgIpc) is 2.05. The second kappa shape index (κ2) is 2.75. The summed E-state index contributed by atoms with van der Waals surface area (Å²) in [4.78, 5) is 0. The number of hydrogen-bond donors (Lipinski definition) is 0. The van der Waals surface area contributed by atoms with E-state index in [1.807, 2.05) is 0 Å². The van der Waals surface area contributed by atoms with E-state index in [0.717, 1.165) is 24.9 Å². The SMILES string of the molecule is C1=CC[C@H]2C[N]CC[C@H]2C1. The number of nitrogens with zero attached hydrogens (tertiary/aromatic N) is 1. The molecule has 1 nitrogen and oxygen atoms in total. The highest BCUT2D eigenvalue weighted by Gasteiger charge is 2.25. The Morgan fingerprint density at radius 3 is 2.70 bits per heavy atom. The molecule has 1 aliphatic heterocycles. The summed E-state index contributed by atoms with van der Waals surface area (Å²) in [5.74, 6) is 1.88. The van der Waals surface area contributed by atoms with E-state index in [4.69, 9.17) is 0 Å². The summed E-state index contributed by atoms with van der Waals surface area (Å²) in [6.45, 7) is 2.25. The van der Waals surface area contributed by atoms with Crippen molar-refractivity contribution in [2.24, 2.45) is 11.8 Å². The number of piperidine rings is 1. The Bertz CT molecular complexity index is 124. The van der Waals surface area contributed by atoms with Crippen molar-refractivity contribution in [2.75, 3.05) is 13.1 Å². The third kappa shape index (κ3) is 1.10. The minimum atomic E-state index is 0.902. The number of fused-ring (bicyclic) bond motifs is 1. The Hall–Kier alpha value is -0.300. The van der Waals surface area contributed by atoms with Crippen LogP contribution in [0.15, 0.2) is 12.2 Å². The Morgan fingerprint density at radius 2 is 1.90 bits per heavy atom. The van der Waals surface area contributed by atoms with Crippen LogP contribution in [0.3, 0.4) is 0 Å². The molecule has 0 amide bonds. The van der Waals surface area contributed by atoms with Crippen LogP contribution in [0.25, 0.3) is 0 Å². The van der Waals surface area contributed by atoms with Crippen LogP contribution in [0.5, 0.6) is 0 Å². The molecule has 1 aliphatic carbocycles. The maximum atomic E-state index is 4.43. The highest BCUT2D eigenvalue weighted by molar-refractivity contribution is 4.96. The van der Waals surface area contributed by atoms with Crippen molar-refractivity contribution in [3.8, 4) is 0 Å². The fraction of sp³-hybridized carbons (Fsp3) is 0.778. The normalized spacial score (nSPS) is 39.2. The van der Waals surface area contributed by atoms with Gasteiger partial charge >= 0.3 is 0 Å².